The lowest BCUT2D eigenvalue weighted by molar-refractivity contribution is 0.401. The van der Waals surface area contributed by atoms with Gasteiger partial charge in [-0.1, -0.05) is 0 Å². The first kappa shape index (κ1) is 5.44. The van der Waals surface area contributed by atoms with E-state index >= 15 is 0 Å². The Hall–Kier alpha value is -0.700. The van der Waals surface area contributed by atoms with Crippen LogP contribution in [0.1, 0.15) is 6.92 Å². The van der Waals surface area contributed by atoms with Crippen molar-refractivity contribution in [1.82, 2.24) is 10.1 Å². The summed E-state index contributed by atoms with van der Waals surface area (Å²) in [6, 6.07) is 0. The normalized spacial score (nSPS) is 17.8. The molecule has 1 rings (SSSR count). The standard InChI is InChI=1S/C4H5ClN3/c1-4-2-3-6-8(5)7-4/h2,6H,1H3. The summed E-state index contributed by atoms with van der Waals surface area (Å²) >= 11 is 5.36. The minimum Gasteiger partial charge on any atom is -0.265 e. The second-order valence-electron chi connectivity index (χ2n) is 1.40. The molecular formula is C4H5ClN3. The van der Waals surface area contributed by atoms with Gasteiger partial charge in [0, 0.05) is 0 Å². The first-order chi connectivity index (χ1) is 3.79. The van der Waals surface area contributed by atoms with Crippen LogP contribution >= 0.6 is 11.8 Å². The molecule has 3 nitrogen and oxygen atoms in total. The van der Waals surface area contributed by atoms with Crippen molar-refractivity contribution >= 4 is 17.5 Å². The third kappa shape index (κ3) is 1.13. The maximum Gasteiger partial charge on any atom is 0.0841 e. The molecule has 1 aliphatic rings. The first-order valence-corrected chi connectivity index (χ1v) is 2.48. The van der Waals surface area contributed by atoms with E-state index in [4.69, 9.17) is 11.8 Å². The van der Waals surface area contributed by atoms with E-state index < -0.39 is 0 Å². The summed E-state index contributed by atoms with van der Waals surface area (Å²) < 4.78 is 1.08. The highest BCUT2D eigenvalue weighted by molar-refractivity contribution is 6.13. The molecule has 0 atom stereocenters. The molecule has 4 heteroatoms. The Morgan fingerprint density at radius 2 is 2.75 bits per heavy atom. The van der Waals surface area contributed by atoms with Gasteiger partial charge in [0.25, 0.3) is 0 Å². The average molecular weight is 131 g/mol. The van der Waals surface area contributed by atoms with Crippen LogP contribution in [-0.2, 0) is 0 Å². The van der Waals surface area contributed by atoms with Gasteiger partial charge in [0.15, 0.2) is 0 Å². The molecule has 0 bridgehead atoms. The quantitative estimate of drug-likeness (QED) is 0.488. The van der Waals surface area contributed by atoms with Crippen LogP contribution in [0.15, 0.2) is 11.2 Å². The van der Waals surface area contributed by atoms with Gasteiger partial charge >= 0.3 is 0 Å². The SMILES string of the molecule is CC1=NN(Cl)N[C]=C1. The van der Waals surface area contributed by atoms with E-state index in [2.05, 4.69) is 16.7 Å². The molecule has 0 amide bonds. The molecule has 0 aliphatic carbocycles. The lowest BCUT2D eigenvalue weighted by atomic mass is 10.4. The molecule has 1 heterocycles. The van der Waals surface area contributed by atoms with E-state index in [0.29, 0.717) is 0 Å². The predicted molar refractivity (Wildman–Crippen MR) is 31.7 cm³/mol. The largest absolute Gasteiger partial charge is 0.265 e. The van der Waals surface area contributed by atoms with Crippen molar-refractivity contribution < 1.29 is 0 Å². The van der Waals surface area contributed by atoms with Crippen molar-refractivity contribution in [3.8, 4) is 0 Å². The van der Waals surface area contributed by atoms with Crippen LogP contribution in [0, 0.1) is 6.20 Å². The van der Waals surface area contributed by atoms with Gasteiger partial charge in [0.05, 0.1) is 23.7 Å². The molecular weight excluding hydrogens is 126 g/mol. The maximum atomic E-state index is 5.36. The van der Waals surface area contributed by atoms with Crippen LogP contribution in [-0.4, -0.2) is 10.3 Å². The van der Waals surface area contributed by atoms with E-state index in [1.54, 1.807) is 6.08 Å². The summed E-state index contributed by atoms with van der Waals surface area (Å²) in [6.45, 7) is 1.84. The van der Waals surface area contributed by atoms with Gasteiger partial charge in [-0.05, 0) is 13.0 Å². The van der Waals surface area contributed by atoms with Gasteiger partial charge in [-0.2, -0.15) is 0 Å². The van der Waals surface area contributed by atoms with Gasteiger partial charge < -0.3 is 0 Å². The molecule has 0 unspecified atom stereocenters. The van der Waals surface area contributed by atoms with E-state index in [-0.39, 0.29) is 0 Å². The molecule has 0 saturated carbocycles. The van der Waals surface area contributed by atoms with Crippen molar-refractivity contribution in [3.63, 3.8) is 0 Å². The Balaban J connectivity index is 2.63. The molecule has 1 aliphatic heterocycles. The molecule has 0 aromatic carbocycles. The topological polar surface area (TPSA) is 27.6 Å². The number of hydrazine groups is 1. The van der Waals surface area contributed by atoms with Crippen LogP contribution in [0.4, 0.5) is 0 Å². The van der Waals surface area contributed by atoms with Gasteiger partial charge in [0.2, 0.25) is 0 Å². The smallest absolute Gasteiger partial charge is 0.0841 e. The third-order valence-electron chi connectivity index (χ3n) is 0.683. The summed E-state index contributed by atoms with van der Waals surface area (Å²) in [7, 11) is 0. The minimum absolute atomic E-state index is 0.832. The van der Waals surface area contributed by atoms with Crippen molar-refractivity contribution in [2.75, 3.05) is 0 Å². The molecule has 0 aromatic rings. The number of allylic oxidation sites excluding steroid dienone is 1. The predicted octanol–water partition coefficient (Wildman–Crippen LogP) is 0.653. The second-order valence-corrected chi connectivity index (χ2v) is 1.72. The van der Waals surface area contributed by atoms with E-state index in [9.17, 15) is 0 Å². The lowest BCUT2D eigenvalue weighted by Gasteiger charge is -2.11. The van der Waals surface area contributed by atoms with Crippen LogP contribution in [0.25, 0.3) is 0 Å². The Bertz CT molecular complexity index is 140. The number of hydrogen-bond donors (Lipinski definition) is 1. The number of nitrogens with one attached hydrogen (secondary N) is 1. The summed E-state index contributed by atoms with van der Waals surface area (Å²) in [5.74, 6) is 0. The number of nitrogens with zero attached hydrogens (tertiary/aromatic N) is 2. The molecule has 43 valence electrons. The zero-order valence-electron chi connectivity index (χ0n) is 4.35. The van der Waals surface area contributed by atoms with Gasteiger partial charge in [-0.25, -0.2) is 0 Å². The average Bonchev–Trinajstić information content (AvgIpc) is 1.64. The fourth-order valence-electron chi connectivity index (χ4n) is 0.382. The molecule has 0 saturated heterocycles. The fourth-order valence-corrected chi connectivity index (χ4v) is 0.550. The van der Waals surface area contributed by atoms with E-state index in [1.165, 1.54) is 0 Å². The highest BCUT2D eigenvalue weighted by atomic mass is 35.5. The Labute approximate surface area is 52.7 Å². The number of hydrogen-bond acceptors (Lipinski definition) is 3. The zero-order chi connectivity index (χ0) is 5.98. The Morgan fingerprint density at radius 1 is 2.00 bits per heavy atom. The number of hydrazone groups is 1. The molecule has 0 spiro atoms. The molecule has 1 N–H and O–H groups in total. The second kappa shape index (κ2) is 2.05. The Kier molecular flexibility index (Phi) is 1.39. The summed E-state index contributed by atoms with van der Waals surface area (Å²) in [6.07, 6.45) is 4.38. The van der Waals surface area contributed by atoms with Gasteiger partial charge in [-0.15, -0.1) is 9.74 Å². The summed E-state index contributed by atoms with van der Waals surface area (Å²) in [5, 5.41) is 3.77. The maximum absolute atomic E-state index is 5.36. The highest BCUT2D eigenvalue weighted by Gasteiger charge is 1.96. The minimum atomic E-state index is 0.832. The summed E-state index contributed by atoms with van der Waals surface area (Å²) in [4.78, 5) is 0. The number of halogens is 1. The number of rotatable bonds is 0. The molecule has 0 fully saturated rings. The lowest BCUT2D eigenvalue weighted by Crippen LogP contribution is -2.24. The third-order valence-corrected chi connectivity index (χ3v) is 0.844. The monoisotopic (exact) mass is 130 g/mol. The molecule has 1 radical (unpaired) electrons. The van der Waals surface area contributed by atoms with Crippen molar-refractivity contribution in [3.05, 3.63) is 12.3 Å². The van der Waals surface area contributed by atoms with Crippen LogP contribution in [0.5, 0.6) is 0 Å². The fraction of sp³-hybridized carbons (Fsp3) is 0.250. The zero-order valence-corrected chi connectivity index (χ0v) is 5.11. The van der Waals surface area contributed by atoms with E-state index in [0.717, 1.165) is 10.3 Å². The van der Waals surface area contributed by atoms with Crippen LogP contribution < -0.4 is 5.43 Å². The van der Waals surface area contributed by atoms with Crippen molar-refractivity contribution in [2.24, 2.45) is 5.10 Å². The first-order valence-electron chi connectivity index (χ1n) is 2.14. The van der Waals surface area contributed by atoms with E-state index in [1.807, 2.05) is 6.92 Å². The highest BCUT2D eigenvalue weighted by Crippen LogP contribution is 1.95. The molecule has 0 aromatic heterocycles. The van der Waals surface area contributed by atoms with Gasteiger partial charge in [0.1, 0.15) is 0 Å². The van der Waals surface area contributed by atoms with Crippen LogP contribution in [0.2, 0.25) is 0 Å². The summed E-state index contributed by atoms with van der Waals surface area (Å²) in [5.41, 5.74) is 3.35. The van der Waals surface area contributed by atoms with Crippen molar-refractivity contribution in [2.45, 2.75) is 6.92 Å². The van der Waals surface area contributed by atoms with Crippen LogP contribution in [0.3, 0.4) is 0 Å². The van der Waals surface area contributed by atoms with Crippen molar-refractivity contribution in [1.29, 1.82) is 0 Å². The molecule has 8 heavy (non-hydrogen) atoms. The van der Waals surface area contributed by atoms with Gasteiger partial charge in [-0.3, -0.25) is 5.43 Å². The Morgan fingerprint density at radius 3 is 3.12 bits per heavy atom.